The summed E-state index contributed by atoms with van der Waals surface area (Å²) < 4.78 is 5.48. The molecule has 1 aromatic carbocycles. The van der Waals surface area contributed by atoms with E-state index in [4.69, 9.17) is 16.3 Å². The van der Waals surface area contributed by atoms with Crippen molar-refractivity contribution in [3.05, 3.63) is 32.8 Å². The van der Waals surface area contributed by atoms with Gasteiger partial charge >= 0.3 is 5.69 Å². The van der Waals surface area contributed by atoms with Gasteiger partial charge in [0, 0.05) is 10.5 Å². The van der Waals surface area contributed by atoms with Crippen LogP contribution < -0.4 is 4.74 Å². The van der Waals surface area contributed by atoms with E-state index >= 15 is 0 Å². The summed E-state index contributed by atoms with van der Waals surface area (Å²) >= 11 is 8.42. The van der Waals surface area contributed by atoms with Crippen molar-refractivity contribution in [3.63, 3.8) is 0 Å². The van der Waals surface area contributed by atoms with Gasteiger partial charge in [-0.3, -0.25) is 10.1 Å². The van der Waals surface area contributed by atoms with Crippen molar-refractivity contribution in [3.8, 4) is 5.75 Å². The highest BCUT2D eigenvalue weighted by atomic mass is 79.9. The molecule has 0 amide bonds. The summed E-state index contributed by atoms with van der Waals surface area (Å²) in [5, 5.41) is 10.5. The molecule has 0 aliphatic heterocycles. The van der Waals surface area contributed by atoms with Crippen LogP contribution in [0.25, 0.3) is 0 Å². The second kappa shape index (κ2) is 4.43. The zero-order chi connectivity index (χ0) is 9.84. The Hall–Kier alpha value is -0.810. The molecule has 0 saturated carbocycles. The van der Waals surface area contributed by atoms with E-state index < -0.39 is 4.92 Å². The van der Waals surface area contributed by atoms with Gasteiger partial charge in [-0.1, -0.05) is 27.5 Å². The molecular formula is C7H5BrClNO3. The van der Waals surface area contributed by atoms with Crippen molar-refractivity contribution >= 4 is 33.2 Å². The Morgan fingerprint density at radius 2 is 2.31 bits per heavy atom. The topological polar surface area (TPSA) is 52.4 Å². The molecule has 0 bridgehead atoms. The van der Waals surface area contributed by atoms with Gasteiger partial charge in [-0.25, -0.2) is 0 Å². The van der Waals surface area contributed by atoms with E-state index in [0.29, 0.717) is 4.47 Å². The molecule has 0 unspecified atom stereocenters. The summed E-state index contributed by atoms with van der Waals surface area (Å²) in [7, 11) is 0. The van der Waals surface area contributed by atoms with Crippen LogP contribution in [0.15, 0.2) is 22.7 Å². The Morgan fingerprint density at radius 1 is 1.62 bits per heavy atom. The minimum absolute atomic E-state index is 0.102. The molecule has 0 aromatic heterocycles. The fourth-order valence-corrected chi connectivity index (χ4v) is 1.28. The molecule has 1 rings (SSSR count). The molecule has 1 aromatic rings. The normalized spacial score (nSPS) is 9.69. The molecule has 4 nitrogen and oxygen atoms in total. The van der Waals surface area contributed by atoms with Gasteiger partial charge in [0.2, 0.25) is 0 Å². The van der Waals surface area contributed by atoms with Crippen LogP contribution in [-0.2, 0) is 0 Å². The van der Waals surface area contributed by atoms with Crippen LogP contribution in [-0.4, -0.2) is 11.0 Å². The maximum absolute atomic E-state index is 10.5. The van der Waals surface area contributed by atoms with Crippen molar-refractivity contribution in [2.45, 2.75) is 0 Å². The first-order chi connectivity index (χ1) is 6.15. The highest BCUT2D eigenvalue weighted by molar-refractivity contribution is 9.10. The van der Waals surface area contributed by atoms with Crippen LogP contribution in [0.1, 0.15) is 0 Å². The Bertz CT molecular complexity index is 332. The number of ether oxygens (including phenoxy) is 1. The standard InChI is InChI=1S/C7H5BrClNO3/c8-5-1-2-7(13-4-9)6(3-5)10(11)12/h1-3H,4H2. The average Bonchev–Trinajstić information content (AvgIpc) is 2.08. The predicted molar refractivity (Wildman–Crippen MR) is 52.1 cm³/mol. The summed E-state index contributed by atoms with van der Waals surface area (Å²) in [6.07, 6.45) is 0. The second-order valence-corrected chi connectivity index (χ2v) is 3.26. The van der Waals surface area contributed by atoms with Crippen molar-refractivity contribution in [2.24, 2.45) is 0 Å². The zero-order valence-corrected chi connectivity index (χ0v) is 8.71. The molecule has 0 heterocycles. The van der Waals surface area contributed by atoms with E-state index in [1.807, 2.05) is 0 Å². The Morgan fingerprint density at radius 3 is 2.85 bits per heavy atom. The van der Waals surface area contributed by atoms with Gasteiger partial charge in [0.25, 0.3) is 0 Å². The van der Waals surface area contributed by atoms with E-state index in [1.165, 1.54) is 12.1 Å². The van der Waals surface area contributed by atoms with Crippen LogP contribution in [0.2, 0.25) is 0 Å². The zero-order valence-electron chi connectivity index (χ0n) is 6.37. The van der Waals surface area contributed by atoms with E-state index in [1.54, 1.807) is 6.07 Å². The number of nitro groups is 1. The summed E-state index contributed by atoms with van der Waals surface area (Å²) in [4.78, 5) is 9.99. The lowest BCUT2D eigenvalue weighted by Gasteiger charge is -2.02. The molecule has 0 spiro atoms. The average molecular weight is 266 g/mol. The van der Waals surface area contributed by atoms with Crippen LogP contribution in [0.4, 0.5) is 5.69 Å². The number of nitrogens with zero attached hydrogens (tertiary/aromatic N) is 1. The second-order valence-electron chi connectivity index (χ2n) is 2.12. The van der Waals surface area contributed by atoms with Crippen molar-refractivity contribution in [1.29, 1.82) is 0 Å². The van der Waals surface area contributed by atoms with Crippen molar-refractivity contribution in [2.75, 3.05) is 6.07 Å². The van der Waals surface area contributed by atoms with Crippen molar-refractivity contribution in [1.82, 2.24) is 0 Å². The number of hydrogen-bond acceptors (Lipinski definition) is 3. The van der Waals surface area contributed by atoms with Gasteiger partial charge in [0.15, 0.2) is 11.8 Å². The molecule has 0 N–H and O–H groups in total. The smallest absolute Gasteiger partial charge is 0.312 e. The molecule has 0 fully saturated rings. The molecule has 6 heteroatoms. The number of alkyl halides is 1. The van der Waals surface area contributed by atoms with Gasteiger partial charge in [0.05, 0.1) is 4.92 Å². The highest BCUT2D eigenvalue weighted by Crippen LogP contribution is 2.29. The fraction of sp³-hybridized carbons (Fsp3) is 0.143. The molecule has 0 aliphatic rings. The van der Waals surface area contributed by atoms with Gasteiger partial charge < -0.3 is 4.74 Å². The van der Waals surface area contributed by atoms with E-state index in [9.17, 15) is 10.1 Å². The molecular weight excluding hydrogens is 261 g/mol. The summed E-state index contributed by atoms with van der Waals surface area (Å²) in [5.41, 5.74) is -0.102. The third kappa shape index (κ3) is 2.57. The van der Waals surface area contributed by atoms with Gasteiger partial charge in [-0.2, -0.15) is 0 Å². The quantitative estimate of drug-likeness (QED) is 0.480. The van der Waals surface area contributed by atoms with Crippen LogP contribution in [0.3, 0.4) is 0 Å². The molecule has 0 atom stereocenters. The SMILES string of the molecule is O=[N+]([O-])c1cc(Br)ccc1OCCl. The number of nitro benzene ring substituents is 1. The number of hydrogen-bond donors (Lipinski definition) is 0. The predicted octanol–water partition coefficient (Wildman–Crippen LogP) is 2.93. The lowest BCUT2D eigenvalue weighted by Crippen LogP contribution is -1.95. The molecule has 0 aliphatic carbocycles. The van der Waals surface area contributed by atoms with E-state index in [2.05, 4.69) is 15.9 Å². The summed E-state index contributed by atoms with van der Waals surface area (Å²) in [6.45, 7) is 0. The molecule has 0 radical (unpaired) electrons. The lowest BCUT2D eigenvalue weighted by molar-refractivity contribution is -0.385. The van der Waals surface area contributed by atoms with Crippen LogP contribution in [0.5, 0.6) is 5.75 Å². The third-order valence-corrected chi connectivity index (χ3v) is 1.93. The summed E-state index contributed by atoms with van der Waals surface area (Å²) in [6, 6.07) is 4.39. The van der Waals surface area contributed by atoms with Crippen molar-refractivity contribution < 1.29 is 9.66 Å². The molecule has 0 saturated heterocycles. The monoisotopic (exact) mass is 265 g/mol. The molecule has 13 heavy (non-hydrogen) atoms. The molecule has 70 valence electrons. The van der Waals surface area contributed by atoms with Gasteiger partial charge in [0.1, 0.15) is 0 Å². The largest absolute Gasteiger partial charge is 0.471 e. The first-order valence-electron chi connectivity index (χ1n) is 3.28. The number of halogens is 2. The maximum atomic E-state index is 10.5. The maximum Gasteiger partial charge on any atom is 0.312 e. The van der Waals surface area contributed by atoms with Gasteiger partial charge in [-0.05, 0) is 12.1 Å². The van der Waals surface area contributed by atoms with Gasteiger partial charge in [-0.15, -0.1) is 0 Å². The van der Waals surface area contributed by atoms with E-state index in [0.717, 1.165) is 0 Å². The minimum Gasteiger partial charge on any atom is -0.471 e. The number of benzene rings is 1. The minimum atomic E-state index is -0.521. The lowest BCUT2D eigenvalue weighted by atomic mass is 10.3. The summed E-state index contributed by atoms with van der Waals surface area (Å²) in [5.74, 6) is 0.170. The van der Waals surface area contributed by atoms with Crippen LogP contribution in [0, 0.1) is 10.1 Å². The highest BCUT2D eigenvalue weighted by Gasteiger charge is 2.14. The Kier molecular flexibility index (Phi) is 3.50. The van der Waals surface area contributed by atoms with E-state index in [-0.39, 0.29) is 17.5 Å². The van der Waals surface area contributed by atoms with Crippen LogP contribution >= 0.6 is 27.5 Å². The first-order valence-corrected chi connectivity index (χ1v) is 4.60. The first kappa shape index (κ1) is 10.3. The Labute approximate surface area is 87.7 Å². The fourth-order valence-electron chi connectivity index (χ4n) is 0.814. The third-order valence-electron chi connectivity index (χ3n) is 1.33. The Balaban J connectivity index is 3.10. The number of rotatable bonds is 3.